The molecular weight excluding hydrogens is 312 g/mol. The molecule has 1 saturated carbocycles. The minimum absolute atomic E-state index is 0.286. The first-order valence-electron chi connectivity index (χ1n) is 8.65. The fraction of sp³-hybridized carbons (Fsp3) is 0.273. The van der Waals surface area contributed by atoms with Crippen LogP contribution in [0.2, 0.25) is 0 Å². The summed E-state index contributed by atoms with van der Waals surface area (Å²) in [5.74, 6) is 1.64. The highest BCUT2D eigenvalue weighted by atomic mass is 32.1. The van der Waals surface area contributed by atoms with E-state index in [2.05, 4.69) is 68.5 Å². The summed E-state index contributed by atoms with van der Waals surface area (Å²) in [6, 6.07) is 15.2. The lowest BCUT2D eigenvalue weighted by molar-refractivity contribution is 0.0935. The zero-order valence-corrected chi connectivity index (χ0v) is 14.8. The van der Waals surface area contributed by atoms with Gasteiger partial charge in [0.2, 0.25) is 0 Å². The summed E-state index contributed by atoms with van der Waals surface area (Å²) in [5, 5.41) is 2.46. The van der Waals surface area contributed by atoms with Crippen molar-refractivity contribution in [3.05, 3.63) is 69.4 Å². The highest BCUT2D eigenvalue weighted by Crippen LogP contribution is 2.54. The standard InChI is InChI=1S/C22H20OS/c1-14-13-20(15(2)24-14)22(18-9-10-18)12-11-17-8-7-16-5-3-4-6-19(16)21(17)23-22/h3-8,11-13,18H,9-10H2,1-2H3. The summed E-state index contributed by atoms with van der Waals surface area (Å²) >= 11 is 1.88. The fourth-order valence-corrected chi connectivity index (χ4v) is 5.02. The number of thiophene rings is 1. The molecule has 24 heavy (non-hydrogen) atoms. The van der Waals surface area contributed by atoms with Gasteiger partial charge < -0.3 is 4.74 Å². The summed E-state index contributed by atoms with van der Waals surface area (Å²) < 4.78 is 6.86. The van der Waals surface area contributed by atoms with Crippen LogP contribution in [0.3, 0.4) is 0 Å². The van der Waals surface area contributed by atoms with Gasteiger partial charge in [-0.25, -0.2) is 0 Å². The molecule has 2 aromatic carbocycles. The SMILES string of the molecule is Cc1cc(C2(C3CC3)C=Cc3ccc4ccccc4c3O2)c(C)s1. The Kier molecular flexibility index (Phi) is 2.96. The van der Waals surface area contributed by atoms with Gasteiger partial charge in [-0.15, -0.1) is 11.3 Å². The lowest BCUT2D eigenvalue weighted by Gasteiger charge is -2.36. The molecule has 1 nitrogen and oxygen atoms in total. The molecule has 1 unspecified atom stereocenters. The van der Waals surface area contributed by atoms with Gasteiger partial charge in [-0.1, -0.05) is 42.5 Å². The Bertz CT molecular complexity index is 977. The van der Waals surface area contributed by atoms with Crippen LogP contribution in [0.25, 0.3) is 16.8 Å². The molecule has 0 N–H and O–H groups in total. The van der Waals surface area contributed by atoms with Crippen LogP contribution in [0, 0.1) is 19.8 Å². The average Bonchev–Trinajstić information content (AvgIpc) is 3.39. The van der Waals surface area contributed by atoms with Crippen LogP contribution in [0.4, 0.5) is 0 Å². The molecule has 0 saturated heterocycles. The van der Waals surface area contributed by atoms with E-state index in [9.17, 15) is 0 Å². The van der Waals surface area contributed by atoms with Gasteiger partial charge in [-0.2, -0.15) is 0 Å². The third kappa shape index (κ3) is 1.99. The molecule has 2 aliphatic rings. The van der Waals surface area contributed by atoms with Gasteiger partial charge in [0.15, 0.2) is 5.60 Å². The summed E-state index contributed by atoms with van der Waals surface area (Å²) in [5.41, 5.74) is 2.27. The summed E-state index contributed by atoms with van der Waals surface area (Å²) in [6.07, 6.45) is 7.09. The molecule has 0 bridgehead atoms. The number of ether oxygens (including phenoxy) is 1. The lowest BCUT2D eigenvalue weighted by atomic mass is 9.85. The zero-order chi connectivity index (χ0) is 16.3. The predicted octanol–water partition coefficient (Wildman–Crippen LogP) is 6.23. The first-order chi connectivity index (χ1) is 11.7. The van der Waals surface area contributed by atoms with Crippen LogP contribution >= 0.6 is 11.3 Å². The maximum absolute atomic E-state index is 6.86. The van der Waals surface area contributed by atoms with Gasteiger partial charge in [-0.05, 0) is 44.2 Å². The van der Waals surface area contributed by atoms with Crippen LogP contribution in [0.5, 0.6) is 5.75 Å². The zero-order valence-electron chi connectivity index (χ0n) is 14.0. The van der Waals surface area contributed by atoms with Crippen LogP contribution in [0.15, 0.2) is 48.5 Å². The second-order valence-corrected chi connectivity index (χ2v) is 8.50. The molecule has 1 fully saturated rings. The monoisotopic (exact) mass is 332 g/mol. The number of hydrogen-bond donors (Lipinski definition) is 0. The molecule has 2 heteroatoms. The van der Waals surface area contributed by atoms with Crippen LogP contribution < -0.4 is 4.74 Å². The van der Waals surface area contributed by atoms with Gasteiger partial charge in [0.25, 0.3) is 0 Å². The molecule has 1 aromatic heterocycles. The number of benzene rings is 2. The van der Waals surface area contributed by atoms with Crippen molar-refractivity contribution in [2.24, 2.45) is 5.92 Å². The smallest absolute Gasteiger partial charge is 0.156 e. The average molecular weight is 332 g/mol. The van der Waals surface area contributed by atoms with Gasteiger partial charge in [0.1, 0.15) is 5.75 Å². The van der Waals surface area contributed by atoms with Crippen molar-refractivity contribution in [3.8, 4) is 5.75 Å². The van der Waals surface area contributed by atoms with Crippen molar-refractivity contribution < 1.29 is 4.74 Å². The van der Waals surface area contributed by atoms with Crippen molar-refractivity contribution >= 4 is 28.2 Å². The number of fused-ring (bicyclic) bond motifs is 3. The largest absolute Gasteiger partial charge is 0.477 e. The molecule has 1 aliphatic carbocycles. The molecule has 5 rings (SSSR count). The van der Waals surface area contributed by atoms with E-state index in [1.54, 1.807) is 0 Å². The summed E-state index contributed by atoms with van der Waals surface area (Å²) in [6.45, 7) is 4.42. The van der Waals surface area contributed by atoms with E-state index in [-0.39, 0.29) is 5.60 Å². The molecule has 3 aromatic rings. The molecule has 2 heterocycles. The van der Waals surface area contributed by atoms with E-state index in [4.69, 9.17) is 4.74 Å². The van der Waals surface area contributed by atoms with Gasteiger partial charge in [-0.3, -0.25) is 0 Å². The van der Waals surface area contributed by atoms with E-state index in [1.807, 2.05) is 11.3 Å². The third-order valence-corrected chi connectivity index (χ3v) is 6.30. The maximum Gasteiger partial charge on any atom is 0.156 e. The molecule has 0 amide bonds. The highest BCUT2D eigenvalue weighted by molar-refractivity contribution is 7.12. The quantitative estimate of drug-likeness (QED) is 0.540. The highest BCUT2D eigenvalue weighted by Gasteiger charge is 2.49. The minimum Gasteiger partial charge on any atom is -0.477 e. The Morgan fingerprint density at radius 1 is 1.08 bits per heavy atom. The van der Waals surface area contributed by atoms with Crippen molar-refractivity contribution in [2.45, 2.75) is 32.3 Å². The van der Waals surface area contributed by atoms with E-state index in [0.29, 0.717) is 5.92 Å². The lowest BCUT2D eigenvalue weighted by Crippen LogP contribution is -2.35. The molecule has 1 atom stereocenters. The van der Waals surface area contributed by atoms with Crippen molar-refractivity contribution in [1.82, 2.24) is 0 Å². The van der Waals surface area contributed by atoms with Crippen molar-refractivity contribution in [3.63, 3.8) is 0 Å². The molecular formula is C22H20OS. The Balaban J connectivity index is 1.74. The topological polar surface area (TPSA) is 9.23 Å². The van der Waals surface area contributed by atoms with Gasteiger partial charge in [0.05, 0.1) is 0 Å². The number of hydrogen-bond acceptors (Lipinski definition) is 2. The minimum atomic E-state index is -0.286. The summed E-state index contributed by atoms with van der Waals surface area (Å²) in [4.78, 5) is 2.75. The Labute approximate surface area is 146 Å². The molecule has 0 spiro atoms. The van der Waals surface area contributed by atoms with Crippen LogP contribution in [-0.4, -0.2) is 0 Å². The second kappa shape index (κ2) is 4.97. The number of rotatable bonds is 2. The van der Waals surface area contributed by atoms with E-state index < -0.39 is 0 Å². The first kappa shape index (κ1) is 14.3. The Morgan fingerprint density at radius 3 is 2.67 bits per heavy atom. The van der Waals surface area contributed by atoms with Gasteiger partial charge in [0, 0.05) is 32.2 Å². The maximum atomic E-state index is 6.86. The number of aryl methyl sites for hydroxylation is 2. The van der Waals surface area contributed by atoms with Gasteiger partial charge >= 0.3 is 0 Å². The van der Waals surface area contributed by atoms with Crippen LogP contribution in [-0.2, 0) is 5.60 Å². The van der Waals surface area contributed by atoms with Crippen LogP contribution in [0.1, 0.15) is 33.7 Å². The predicted molar refractivity (Wildman–Crippen MR) is 102 cm³/mol. The summed E-state index contributed by atoms with van der Waals surface area (Å²) in [7, 11) is 0. The molecule has 1 aliphatic heterocycles. The van der Waals surface area contributed by atoms with E-state index >= 15 is 0 Å². The Morgan fingerprint density at radius 2 is 1.92 bits per heavy atom. The Hall–Kier alpha value is -2.06. The van der Waals surface area contributed by atoms with Crippen molar-refractivity contribution in [1.29, 1.82) is 0 Å². The second-order valence-electron chi connectivity index (χ2n) is 7.03. The third-order valence-electron chi connectivity index (χ3n) is 5.34. The van der Waals surface area contributed by atoms with E-state index in [1.165, 1.54) is 44.5 Å². The van der Waals surface area contributed by atoms with Crippen molar-refractivity contribution in [2.75, 3.05) is 0 Å². The first-order valence-corrected chi connectivity index (χ1v) is 9.46. The normalized spacial score (nSPS) is 22.4. The molecule has 0 radical (unpaired) electrons. The molecule has 120 valence electrons. The van der Waals surface area contributed by atoms with E-state index in [0.717, 1.165) is 5.75 Å². The fourth-order valence-electron chi connectivity index (χ4n) is 4.04.